The van der Waals surface area contributed by atoms with Crippen LogP contribution in [-0.4, -0.2) is 18.8 Å². The zero-order valence-corrected chi connectivity index (χ0v) is 7.44. The van der Waals surface area contributed by atoms with E-state index in [0.29, 0.717) is 0 Å². The molecule has 0 atom stereocenters. The van der Waals surface area contributed by atoms with Crippen LogP contribution >= 0.6 is 0 Å². The SMILES string of the molecule is C=C(C(=O)OCC(C)C)C(F)(F)F. The Hall–Kier alpha value is -1.00. The molecule has 0 unspecified atom stereocenters. The zero-order valence-electron chi connectivity index (χ0n) is 7.44. The second kappa shape index (κ2) is 4.30. The minimum absolute atomic E-state index is 0.00461. The van der Waals surface area contributed by atoms with Crippen molar-refractivity contribution in [2.24, 2.45) is 5.92 Å². The van der Waals surface area contributed by atoms with Crippen molar-refractivity contribution in [3.63, 3.8) is 0 Å². The van der Waals surface area contributed by atoms with Gasteiger partial charge in [0.1, 0.15) is 5.57 Å². The third-order valence-corrected chi connectivity index (χ3v) is 1.14. The van der Waals surface area contributed by atoms with Crippen LogP contribution in [-0.2, 0) is 9.53 Å². The van der Waals surface area contributed by atoms with Gasteiger partial charge in [-0.25, -0.2) is 4.79 Å². The monoisotopic (exact) mass is 196 g/mol. The number of rotatable bonds is 3. The van der Waals surface area contributed by atoms with Crippen LogP contribution < -0.4 is 0 Å². The number of carbonyl (C=O) groups is 1. The van der Waals surface area contributed by atoms with Crippen LogP contribution in [0.25, 0.3) is 0 Å². The van der Waals surface area contributed by atoms with Gasteiger partial charge in [0.15, 0.2) is 0 Å². The molecule has 0 N–H and O–H groups in total. The van der Waals surface area contributed by atoms with Crippen molar-refractivity contribution in [3.05, 3.63) is 12.2 Å². The summed E-state index contributed by atoms with van der Waals surface area (Å²) in [4.78, 5) is 10.7. The van der Waals surface area contributed by atoms with Crippen LogP contribution in [0, 0.1) is 5.92 Å². The minimum Gasteiger partial charge on any atom is -0.462 e. The van der Waals surface area contributed by atoms with Crippen LogP contribution in [0.5, 0.6) is 0 Å². The first-order valence-corrected chi connectivity index (χ1v) is 3.68. The topological polar surface area (TPSA) is 26.3 Å². The predicted molar refractivity (Wildman–Crippen MR) is 41.0 cm³/mol. The van der Waals surface area contributed by atoms with Crippen LogP contribution in [0.4, 0.5) is 13.2 Å². The van der Waals surface area contributed by atoms with Gasteiger partial charge in [-0.05, 0) is 5.92 Å². The van der Waals surface area contributed by atoms with Gasteiger partial charge in [-0.2, -0.15) is 13.2 Å². The third kappa shape index (κ3) is 4.55. The highest BCUT2D eigenvalue weighted by Gasteiger charge is 2.37. The van der Waals surface area contributed by atoms with Crippen LogP contribution in [0.1, 0.15) is 13.8 Å². The number of hydrogen-bond donors (Lipinski definition) is 0. The summed E-state index contributed by atoms with van der Waals surface area (Å²) >= 11 is 0. The van der Waals surface area contributed by atoms with E-state index in [9.17, 15) is 18.0 Å². The molecule has 0 aliphatic heterocycles. The Kier molecular flexibility index (Phi) is 3.97. The van der Waals surface area contributed by atoms with Gasteiger partial charge in [0, 0.05) is 0 Å². The molecule has 0 fully saturated rings. The van der Waals surface area contributed by atoms with Crippen molar-refractivity contribution in [2.45, 2.75) is 20.0 Å². The lowest BCUT2D eigenvalue weighted by Crippen LogP contribution is -2.22. The molecule has 0 heterocycles. The smallest absolute Gasteiger partial charge is 0.422 e. The van der Waals surface area contributed by atoms with Crippen molar-refractivity contribution < 1.29 is 22.7 Å². The first kappa shape index (κ1) is 12.0. The Bertz CT molecular complexity index is 206. The van der Waals surface area contributed by atoms with E-state index in [2.05, 4.69) is 11.3 Å². The lowest BCUT2D eigenvalue weighted by Gasteiger charge is -2.10. The molecule has 0 rings (SSSR count). The molecule has 0 aromatic rings. The number of alkyl halides is 3. The van der Waals surface area contributed by atoms with Crippen molar-refractivity contribution in [2.75, 3.05) is 6.61 Å². The third-order valence-electron chi connectivity index (χ3n) is 1.14. The molecule has 0 aliphatic carbocycles. The Morgan fingerprint density at radius 2 is 1.92 bits per heavy atom. The Morgan fingerprint density at radius 3 is 2.23 bits per heavy atom. The van der Waals surface area contributed by atoms with E-state index < -0.39 is 17.7 Å². The summed E-state index contributed by atoms with van der Waals surface area (Å²) in [5.74, 6) is -1.40. The number of halogens is 3. The fourth-order valence-corrected chi connectivity index (χ4v) is 0.445. The van der Waals surface area contributed by atoms with Crippen LogP contribution in [0.15, 0.2) is 12.2 Å². The average molecular weight is 196 g/mol. The lowest BCUT2D eigenvalue weighted by molar-refractivity contribution is -0.151. The fourth-order valence-electron chi connectivity index (χ4n) is 0.445. The molecule has 0 spiro atoms. The van der Waals surface area contributed by atoms with Gasteiger partial charge < -0.3 is 4.74 Å². The normalized spacial score (nSPS) is 11.5. The van der Waals surface area contributed by atoms with E-state index in [-0.39, 0.29) is 12.5 Å². The largest absolute Gasteiger partial charge is 0.462 e. The zero-order chi connectivity index (χ0) is 10.6. The fraction of sp³-hybridized carbons (Fsp3) is 0.625. The number of carbonyl (C=O) groups excluding carboxylic acids is 1. The maximum absolute atomic E-state index is 11.8. The van der Waals surface area contributed by atoms with Gasteiger partial charge in [0.2, 0.25) is 0 Å². The number of hydrogen-bond acceptors (Lipinski definition) is 2. The summed E-state index contributed by atoms with van der Waals surface area (Å²) in [5, 5.41) is 0. The maximum Gasteiger partial charge on any atom is 0.422 e. The lowest BCUT2D eigenvalue weighted by atomic mass is 10.2. The Labute approximate surface area is 74.4 Å². The molecule has 13 heavy (non-hydrogen) atoms. The van der Waals surface area contributed by atoms with E-state index >= 15 is 0 Å². The summed E-state index contributed by atoms with van der Waals surface area (Å²) in [6.07, 6.45) is -4.70. The highest BCUT2D eigenvalue weighted by Crippen LogP contribution is 2.24. The molecule has 0 saturated carbocycles. The molecule has 5 heteroatoms. The van der Waals surface area contributed by atoms with E-state index in [4.69, 9.17) is 0 Å². The first-order chi connectivity index (χ1) is 5.75. The van der Waals surface area contributed by atoms with Gasteiger partial charge in [0.05, 0.1) is 6.61 Å². The summed E-state index contributed by atoms with van der Waals surface area (Å²) in [5.41, 5.74) is -1.46. The van der Waals surface area contributed by atoms with Crippen LogP contribution in [0.2, 0.25) is 0 Å². The Morgan fingerprint density at radius 1 is 1.46 bits per heavy atom. The van der Waals surface area contributed by atoms with Crippen molar-refractivity contribution >= 4 is 5.97 Å². The molecule has 0 saturated heterocycles. The maximum atomic E-state index is 11.8. The second-order valence-electron chi connectivity index (χ2n) is 2.97. The molecule has 0 amide bonds. The molecule has 0 aliphatic rings. The Balaban J connectivity index is 4.06. The molecular formula is C8H11F3O2. The van der Waals surface area contributed by atoms with Crippen molar-refractivity contribution in [1.29, 1.82) is 0 Å². The van der Waals surface area contributed by atoms with E-state index in [0.717, 1.165) is 0 Å². The second-order valence-corrected chi connectivity index (χ2v) is 2.97. The predicted octanol–water partition coefficient (Wildman–Crippen LogP) is 2.30. The van der Waals surface area contributed by atoms with Crippen molar-refractivity contribution in [3.8, 4) is 0 Å². The van der Waals surface area contributed by atoms with Crippen molar-refractivity contribution in [1.82, 2.24) is 0 Å². The summed E-state index contributed by atoms with van der Waals surface area (Å²) in [6.45, 7) is 6.02. The van der Waals surface area contributed by atoms with Gasteiger partial charge >= 0.3 is 12.1 Å². The van der Waals surface area contributed by atoms with E-state index in [1.807, 2.05) is 0 Å². The molecule has 0 aromatic heterocycles. The van der Waals surface area contributed by atoms with Gasteiger partial charge in [-0.1, -0.05) is 20.4 Å². The van der Waals surface area contributed by atoms with Gasteiger partial charge in [-0.3, -0.25) is 0 Å². The molecule has 0 aromatic carbocycles. The highest BCUT2D eigenvalue weighted by molar-refractivity contribution is 5.89. The molecule has 2 nitrogen and oxygen atoms in total. The molecule has 0 bridgehead atoms. The molecule has 0 radical (unpaired) electrons. The number of esters is 1. The molecular weight excluding hydrogens is 185 g/mol. The minimum atomic E-state index is -4.70. The summed E-state index contributed by atoms with van der Waals surface area (Å²) in [6, 6.07) is 0. The van der Waals surface area contributed by atoms with Gasteiger partial charge in [0.25, 0.3) is 0 Å². The summed E-state index contributed by atoms with van der Waals surface area (Å²) in [7, 11) is 0. The average Bonchev–Trinajstić information content (AvgIpc) is 1.96. The van der Waals surface area contributed by atoms with Crippen LogP contribution in [0.3, 0.4) is 0 Å². The number of ether oxygens (including phenoxy) is 1. The van der Waals surface area contributed by atoms with E-state index in [1.54, 1.807) is 13.8 Å². The highest BCUT2D eigenvalue weighted by atomic mass is 19.4. The standard InChI is InChI=1S/C8H11F3O2/c1-5(2)4-13-7(12)6(3)8(9,10)11/h5H,3-4H2,1-2H3. The molecule has 76 valence electrons. The van der Waals surface area contributed by atoms with E-state index in [1.165, 1.54) is 0 Å². The summed E-state index contributed by atoms with van der Waals surface area (Å²) < 4.78 is 39.8. The first-order valence-electron chi connectivity index (χ1n) is 3.68. The van der Waals surface area contributed by atoms with Gasteiger partial charge in [-0.15, -0.1) is 0 Å². The quantitative estimate of drug-likeness (QED) is 0.511.